The summed E-state index contributed by atoms with van der Waals surface area (Å²) in [5, 5.41) is 15.9. The Morgan fingerprint density at radius 1 is 1.44 bits per heavy atom. The number of likely N-dealkylation sites (tertiary alicyclic amines) is 1. The van der Waals surface area contributed by atoms with Gasteiger partial charge in [-0.1, -0.05) is 17.3 Å². The normalized spacial score (nSPS) is 18.3. The standard InChI is InChI=1S/C17H19F2N3O3/c18-14-5-1-3-11(16(14)19)8-20-17(24)15-7-13(25-21-15)10-22-6-2-4-12(23)9-22/h1,3,5,7,12,23H,2,4,6,8-10H2,(H,20,24)/t12-/m1/s1. The minimum absolute atomic E-state index is 0.0550. The van der Waals surface area contributed by atoms with Crippen LogP contribution in [0.3, 0.4) is 0 Å². The highest BCUT2D eigenvalue weighted by Gasteiger charge is 2.20. The summed E-state index contributed by atoms with van der Waals surface area (Å²) in [6, 6.07) is 5.30. The Kier molecular flexibility index (Phi) is 5.40. The first-order chi connectivity index (χ1) is 12.0. The third-order valence-electron chi connectivity index (χ3n) is 4.12. The molecule has 1 aliphatic heterocycles. The lowest BCUT2D eigenvalue weighted by Crippen LogP contribution is -2.37. The molecule has 2 N–H and O–H groups in total. The second-order valence-electron chi connectivity index (χ2n) is 6.11. The van der Waals surface area contributed by atoms with Gasteiger partial charge in [-0.25, -0.2) is 8.78 Å². The summed E-state index contributed by atoms with van der Waals surface area (Å²) in [4.78, 5) is 14.1. The fourth-order valence-electron chi connectivity index (χ4n) is 2.84. The van der Waals surface area contributed by atoms with Crippen molar-refractivity contribution in [2.24, 2.45) is 0 Å². The van der Waals surface area contributed by atoms with Crippen LogP contribution in [0.1, 0.15) is 34.7 Å². The molecule has 1 fully saturated rings. The number of nitrogens with zero attached hydrogens (tertiary/aromatic N) is 2. The first-order valence-electron chi connectivity index (χ1n) is 8.10. The van der Waals surface area contributed by atoms with Crippen LogP contribution in [-0.2, 0) is 13.1 Å². The molecule has 0 radical (unpaired) electrons. The number of piperidine rings is 1. The molecule has 0 aliphatic carbocycles. The van der Waals surface area contributed by atoms with Crippen LogP contribution in [0.15, 0.2) is 28.8 Å². The lowest BCUT2D eigenvalue weighted by atomic mass is 10.1. The molecule has 25 heavy (non-hydrogen) atoms. The quantitative estimate of drug-likeness (QED) is 0.859. The van der Waals surface area contributed by atoms with Crippen molar-refractivity contribution in [2.45, 2.75) is 32.0 Å². The summed E-state index contributed by atoms with van der Waals surface area (Å²) in [6.07, 6.45) is 1.35. The number of amides is 1. The summed E-state index contributed by atoms with van der Waals surface area (Å²) in [7, 11) is 0. The Balaban J connectivity index is 1.56. The Bertz CT molecular complexity index is 750. The van der Waals surface area contributed by atoms with Crippen molar-refractivity contribution in [3.63, 3.8) is 0 Å². The van der Waals surface area contributed by atoms with Crippen molar-refractivity contribution >= 4 is 5.91 Å². The Labute approximate surface area is 143 Å². The number of aromatic nitrogens is 1. The van der Waals surface area contributed by atoms with Gasteiger partial charge in [0.25, 0.3) is 5.91 Å². The molecule has 1 saturated heterocycles. The topological polar surface area (TPSA) is 78.6 Å². The number of aliphatic hydroxyl groups excluding tert-OH is 1. The van der Waals surface area contributed by atoms with E-state index in [0.717, 1.165) is 25.5 Å². The predicted molar refractivity (Wildman–Crippen MR) is 84.5 cm³/mol. The van der Waals surface area contributed by atoms with Crippen LogP contribution in [0.2, 0.25) is 0 Å². The first kappa shape index (κ1) is 17.5. The number of hydrogen-bond acceptors (Lipinski definition) is 5. The van der Waals surface area contributed by atoms with E-state index in [-0.39, 0.29) is 23.9 Å². The van der Waals surface area contributed by atoms with Crippen LogP contribution in [0.5, 0.6) is 0 Å². The lowest BCUT2D eigenvalue weighted by molar-refractivity contribution is 0.0622. The van der Waals surface area contributed by atoms with Crippen molar-refractivity contribution in [3.8, 4) is 0 Å². The first-order valence-corrected chi connectivity index (χ1v) is 8.10. The van der Waals surface area contributed by atoms with Gasteiger partial charge in [-0.05, 0) is 25.5 Å². The van der Waals surface area contributed by atoms with Gasteiger partial charge in [0.2, 0.25) is 0 Å². The van der Waals surface area contributed by atoms with Gasteiger partial charge in [0.1, 0.15) is 0 Å². The second kappa shape index (κ2) is 7.71. The van der Waals surface area contributed by atoms with Crippen LogP contribution in [0, 0.1) is 11.6 Å². The third kappa shape index (κ3) is 4.40. The molecule has 2 aromatic rings. The van der Waals surface area contributed by atoms with E-state index in [1.165, 1.54) is 18.2 Å². The molecule has 0 bridgehead atoms. The van der Waals surface area contributed by atoms with E-state index in [1.807, 2.05) is 4.90 Å². The van der Waals surface area contributed by atoms with Gasteiger partial charge >= 0.3 is 0 Å². The molecule has 1 aliphatic rings. The maximum Gasteiger partial charge on any atom is 0.273 e. The number of hydrogen-bond donors (Lipinski definition) is 2. The molecular formula is C17H19F2N3O3. The minimum atomic E-state index is -0.979. The molecule has 0 saturated carbocycles. The van der Waals surface area contributed by atoms with Gasteiger partial charge in [-0.3, -0.25) is 9.69 Å². The largest absolute Gasteiger partial charge is 0.392 e. The molecule has 0 unspecified atom stereocenters. The third-order valence-corrected chi connectivity index (χ3v) is 4.12. The monoisotopic (exact) mass is 351 g/mol. The average Bonchev–Trinajstić information content (AvgIpc) is 3.04. The highest BCUT2D eigenvalue weighted by Crippen LogP contribution is 2.15. The van der Waals surface area contributed by atoms with Crippen molar-refractivity contribution in [3.05, 3.63) is 52.9 Å². The Morgan fingerprint density at radius 3 is 3.08 bits per heavy atom. The second-order valence-corrected chi connectivity index (χ2v) is 6.11. The molecule has 1 atom stereocenters. The van der Waals surface area contributed by atoms with Crippen LogP contribution in [-0.4, -0.2) is 40.3 Å². The summed E-state index contributed by atoms with van der Waals surface area (Å²) >= 11 is 0. The molecule has 1 amide bonds. The van der Waals surface area contributed by atoms with Crippen molar-refractivity contribution in [2.75, 3.05) is 13.1 Å². The summed E-state index contributed by atoms with van der Waals surface area (Å²) < 4.78 is 31.9. The van der Waals surface area contributed by atoms with Gasteiger partial charge in [0.15, 0.2) is 23.1 Å². The van der Waals surface area contributed by atoms with Crippen LogP contribution in [0.25, 0.3) is 0 Å². The van der Waals surface area contributed by atoms with Gasteiger partial charge in [-0.2, -0.15) is 0 Å². The van der Waals surface area contributed by atoms with E-state index in [0.29, 0.717) is 18.8 Å². The Morgan fingerprint density at radius 2 is 2.28 bits per heavy atom. The minimum Gasteiger partial charge on any atom is -0.392 e. The smallest absolute Gasteiger partial charge is 0.273 e. The molecule has 134 valence electrons. The van der Waals surface area contributed by atoms with E-state index in [1.54, 1.807) is 0 Å². The SMILES string of the molecule is O=C(NCc1cccc(F)c1F)c1cc(CN2CCC[C@@H](O)C2)on1. The van der Waals surface area contributed by atoms with Crippen LogP contribution >= 0.6 is 0 Å². The number of carbonyl (C=O) groups is 1. The maximum atomic E-state index is 13.6. The predicted octanol–water partition coefficient (Wildman–Crippen LogP) is 1.84. The molecule has 1 aromatic carbocycles. The number of benzene rings is 1. The van der Waals surface area contributed by atoms with Crippen molar-refractivity contribution in [1.29, 1.82) is 0 Å². The zero-order valence-corrected chi connectivity index (χ0v) is 13.5. The molecular weight excluding hydrogens is 332 g/mol. The van der Waals surface area contributed by atoms with Gasteiger partial charge in [-0.15, -0.1) is 0 Å². The zero-order valence-electron chi connectivity index (χ0n) is 13.5. The number of aliphatic hydroxyl groups is 1. The van der Waals surface area contributed by atoms with Crippen molar-refractivity contribution in [1.82, 2.24) is 15.4 Å². The van der Waals surface area contributed by atoms with Gasteiger partial charge < -0.3 is 14.9 Å². The zero-order chi connectivity index (χ0) is 17.8. The van der Waals surface area contributed by atoms with Gasteiger partial charge in [0.05, 0.1) is 12.6 Å². The fraction of sp³-hybridized carbons (Fsp3) is 0.412. The summed E-state index contributed by atoms with van der Waals surface area (Å²) in [5.74, 6) is -1.96. The molecule has 1 aromatic heterocycles. The van der Waals surface area contributed by atoms with E-state index in [2.05, 4.69) is 10.5 Å². The number of rotatable bonds is 5. The highest BCUT2D eigenvalue weighted by atomic mass is 19.2. The molecule has 8 heteroatoms. The summed E-state index contributed by atoms with van der Waals surface area (Å²) in [5.41, 5.74) is 0.128. The molecule has 6 nitrogen and oxygen atoms in total. The molecule has 0 spiro atoms. The van der Waals surface area contributed by atoms with Crippen LogP contribution < -0.4 is 5.32 Å². The van der Waals surface area contributed by atoms with E-state index < -0.39 is 17.5 Å². The Hall–Kier alpha value is -2.32. The number of nitrogens with one attached hydrogen (secondary N) is 1. The van der Waals surface area contributed by atoms with E-state index in [9.17, 15) is 18.7 Å². The lowest BCUT2D eigenvalue weighted by Gasteiger charge is -2.28. The van der Waals surface area contributed by atoms with Crippen LogP contribution in [0.4, 0.5) is 8.78 Å². The fourth-order valence-corrected chi connectivity index (χ4v) is 2.84. The van der Waals surface area contributed by atoms with Gasteiger partial charge in [0, 0.05) is 24.7 Å². The summed E-state index contributed by atoms with van der Waals surface area (Å²) in [6.45, 7) is 1.71. The highest BCUT2D eigenvalue weighted by molar-refractivity contribution is 5.92. The number of β-amino-alcohol motifs (C(OH)–C–C–N with tert-alkyl or cyclic N) is 1. The molecule has 2 heterocycles. The molecule has 3 rings (SSSR count). The van der Waals surface area contributed by atoms with Crippen molar-refractivity contribution < 1.29 is 23.2 Å². The average molecular weight is 351 g/mol. The van der Waals surface area contributed by atoms with E-state index >= 15 is 0 Å². The number of carbonyl (C=O) groups excluding carboxylic acids is 1. The maximum absolute atomic E-state index is 13.6. The number of halogens is 2. The van der Waals surface area contributed by atoms with E-state index in [4.69, 9.17) is 4.52 Å².